The lowest BCUT2D eigenvalue weighted by Gasteiger charge is -2.11. The van der Waals surface area contributed by atoms with E-state index in [1.54, 1.807) is 37.5 Å². The van der Waals surface area contributed by atoms with Gasteiger partial charge in [0.2, 0.25) is 0 Å². The maximum atomic E-state index is 15.4. The Kier molecular flexibility index (Phi) is 6.18. The van der Waals surface area contributed by atoms with Crippen LogP contribution < -0.4 is 15.8 Å². The molecular formula is C29H25FN8O2. The summed E-state index contributed by atoms with van der Waals surface area (Å²) in [4.78, 5) is 33.7. The van der Waals surface area contributed by atoms with Gasteiger partial charge in [-0.05, 0) is 61.6 Å². The number of halogens is 1. The molecule has 0 bridgehead atoms. The Hall–Kier alpha value is -5.19. The topological polar surface area (TPSA) is 134 Å². The summed E-state index contributed by atoms with van der Waals surface area (Å²) < 4.78 is 22.8. The fourth-order valence-electron chi connectivity index (χ4n) is 4.63. The highest BCUT2D eigenvalue weighted by Crippen LogP contribution is 2.42. The minimum atomic E-state index is -0.604. The van der Waals surface area contributed by atoms with Crippen molar-refractivity contribution >= 4 is 28.6 Å². The first kappa shape index (κ1) is 25.1. The zero-order valence-corrected chi connectivity index (χ0v) is 21.8. The number of hydrogen-bond donors (Lipinski definition) is 2. The maximum absolute atomic E-state index is 15.4. The molecule has 0 aliphatic heterocycles. The maximum Gasteiger partial charge on any atom is 0.322 e. The second-order valence-corrected chi connectivity index (χ2v) is 9.65. The molecule has 1 aromatic carbocycles. The number of nitrogens with zero attached hydrogens (tertiary/aromatic N) is 6. The fraction of sp³-hybridized carbons (Fsp3) is 0.172. The van der Waals surface area contributed by atoms with Crippen LogP contribution in [0.25, 0.3) is 33.4 Å². The molecule has 10 nitrogen and oxygen atoms in total. The van der Waals surface area contributed by atoms with E-state index in [-0.39, 0.29) is 29.4 Å². The Morgan fingerprint density at radius 3 is 2.62 bits per heavy atom. The van der Waals surface area contributed by atoms with Gasteiger partial charge in [-0.15, -0.1) is 0 Å². The van der Waals surface area contributed by atoms with Gasteiger partial charge < -0.3 is 20.4 Å². The number of aryl methyl sites for hydroxylation is 2. The molecule has 3 N–H and O–H groups in total. The highest BCUT2D eigenvalue weighted by atomic mass is 19.1. The SMILES string of the molecule is C=C(C(=O)Nc1ccc(-c2c(-c3ccc(Oc4nccc(C)n4)c(F)c3)c3c(N)ncnc3n2C)cn1)C1CC1. The first-order chi connectivity index (χ1) is 19.3. The van der Waals surface area contributed by atoms with E-state index in [4.69, 9.17) is 10.5 Å². The number of nitrogens with two attached hydrogens (primary N) is 1. The molecule has 4 heterocycles. The molecule has 40 heavy (non-hydrogen) atoms. The molecule has 1 saturated carbocycles. The number of pyridine rings is 1. The molecule has 1 aliphatic rings. The van der Waals surface area contributed by atoms with Gasteiger partial charge in [0.15, 0.2) is 11.6 Å². The minimum Gasteiger partial charge on any atom is -0.421 e. The summed E-state index contributed by atoms with van der Waals surface area (Å²) in [6, 6.07) is 9.92. The highest BCUT2D eigenvalue weighted by molar-refractivity contribution is 6.08. The Bertz CT molecular complexity index is 1790. The van der Waals surface area contributed by atoms with E-state index >= 15 is 4.39 Å². The van der Waals surface area contributed by atoms with Gasteiger partial charge in [-0.25, -0.2) is 29.3 Å². The lowest BCUT2D eigenvalue weighted by Crippen LogP contribution is -2.15. The van der Waals surface area contributed by atoms with Crippen molar-refractivity contribution in [1.82, 2.24) is 29.5 Å². The standard InChI is InChI=1S/C29H25FN8O2/c1-15-10-11-32-29(36-15)40-21-8-6-18(12-20(21)30)23-24-26(31)34-14-35-27(24)38(3)25(23)19-7-9-22(33-13-19)37-28(39)16(2)17-4-5-17/h6-14,17H,2,4-5H2,1,3H3,(H2,31,34,35)(H,33,37,39). The molecule has 5 aromatic rings. The van der Waals surface area contributed by atoms with Crippen LogP contribution in [-0.4, -0.2) is 35.4 Å². The van der Waals surface area contributed by atoms with Crippen molar-refractivity contribution in [3.63, 3.8) is 0 Å². The minimum absolute atomic E-state index is 0.0186. The quantitative estimate of drug-likeness (QED) is 0.271. The van der Waals surface area contributed by atoms with Gasteiger partial charge in [0.05, 0.1) is 11.1 Å². The molecule has 1 amide bonds. The van der Waals surface area contributed by atoms with Crippen molar-refractivity contribution in [3.05, 3.63) is 78.8 Å². The van der Waals surface area contributed by atoms with Crippen LogP contribution in [0.4, 0.5) is 16.0 Å². The van der Waals surface area contributed by atoms with E-state index in [9.17, 15) is 4.79 Å². The predicted octanol–water partition coefficient (Wildman–Crippen LogP) is 5.21. The van der Waals surface area contributed by atoms with Crippen LogP contribution in [0.5, 0.6) is 11.8 Å². The lowest BCUT2D eigenvalue weighted by atomic mass is 9.99. The number of benzene rings is 1. The van der Waals surface area contributed by atoms with Crippen LogP contribution in [0.1, 0.15) is 18.5 Å². The molecule has 0 saturated heterocycles. The van der Waals surface area contributed by atoms with Gasteiger partial charge in [0, 0.05) is 41.8 Å². The number of aromatic nitrogens is 6. The molecule has 0 atom stereocenters. The number of carbonyl (C=O) groups excluding carboxylic acids is 1. The largest absolute Gasteiger partial charge is 0.421 e. The smallest absolute Gasteiger partial charge is 0.322 e. The molecule has 1 fully saturated rings. The number of fused-ring (bicyclic) bond motifs is 1. The van der Waals surface area contributed by atoms with E-state index in [0.29, 0.717) is 50.5 Å². The zero-order valence-electron chi connectivity index (χ0n) is 21.8. The first-order valence-electron chi connectivity index (χ1n) is 12.6. The molecule has 0 unspecified atom stereocenters. The van der Waals surface area contributed by atoms with Gasteiger partial charge in [-0.3, -0.25) is 4.79 Å². The van der Waals surface area contributed by atoms with Gasteiger partial charge in [0.1, 0.15) is 23.6 Å². The number of ether oxygens (including phenoxy) is 1. The number of rotatable bonds is 7. The summed E-state index contributed by atoms with van der Waals surface area (Å²) in [5.41, 5.74) is 10.7. The molecule has 1 aliphatic carbocycles. The number of nitrogens with one attached hydrogen (secondary N) is 1. The molecule has 6 rings (SSSR count). The third-order valence-electron chi connectivity index (χ3n) is 6.83. The number of carbonyl (C=O) groups is 1. The Balaban J connectivity index is 1.40. The third-order valence-corrected chi connectivity index (χ3v) is 6.83. The number of anilines is 2. The van der Waals surface area contributed by atoms with Crippen molar-refractivity contribution in [2.45, 2.75) is 19.8 Å². The summed E-state index contributed by atoms with van der Waals surface area (Å²) in [5.74, 6) is 0.0610. The summed E-state index contributed by atoms with van der Waals surface area (Å²) >= 11 is 0. The van der Waals surface area contributed by atoms with Crippen molar-refractivity contribution in [2.75, 3.05) is 11.1 Å². The fourth-order valence-corrected chi connectivity index (χ4v) is 4.63. The highest BCUT2D eigenvalue weighted by Gasteiger charge is 2.29. The normalized spacial score (nSPS) is 12.9. The van der Waals surface area contributed by atoms with Crippen LogP contribution >= 0.6 is 0 Å². The number of amides is 1. The molecule has 0 spiro atoms. The third kappa shape index (κ3) is 4.62. The van der Waals surface area contributed by atoms with Gasteiger partial charge in [-0.2, -0.15) is 0 Å². The second-order valence-electron chi connectivity index (χ2n) is 9.65. The van der Waals surface area contributed by atoms with E-state index in [0.717, 1.165) is 12.8 Å². The van der Waals surface area contributed by atoms with E-state index in [2.05, 4.69) is 36.8 Å². The molecule has 11 heteroatoms. The van der Waals surface area contributed by atoms with Crippen LogP contribution in [0.2, 0.25) is 0 Å². The van der Waals surface area contributed by atoms with Crippen molar-refractivity contribution < 1.29 is 13.9 Å². The average Bonchev–Trinajstić information content (AvgIpc) is 3.74. The van der Waals surface area contributed by atoms with Crippen molar-refractivity contribution in [3.8, 4) is 34.1 Å². The molecule has 0 radical (unpaired) electrons. The van der Waals surface area contributed by atoms with Crippen molar-refractivity contribution in [1.29, 1.82) is 0 Å². The Morgan fingerprint density at radius 2 is 1.93 bits per heavy atom. The first-order valence-corrected chi connectivity index (χ1v) is 12.6. The van der Waals surface area contributed by atoms with Crippen molar-refractivity contribution in [2.24, 2.45) is 13.0 Å². The monoisotopic (exact) mass is 536 g/mol. The van der Waals surface area contributed by atoms with E-state index < -0.39 is 5.82 Å². The lowest BCUT2D eigenvalue weighted by molar-refractivity contribution is -0.113. The summed E-state index contributed by atoms with van der Waals surface area (Å²) in [7, 11) is 1.84. The second kappa shape index (κ2) is 9.84. The molecular weight excluding hydrogens is 511 g/mol. The molecule has 4 aromatic heterocycles. The summed E-state index contributed by atoms with van der Waals surface area (Å²) in [6.07, 6.45) is 6.54. The predicted molar refractivity (Wildman–Crippen MR) is 149 cm³/mol. The van der Waals surface area contributed by atoms with Gasteiger partial charge in [0.25, 0.3) is 5.91 Å². The summed E-state index contributed by atoms with van der Waals surface area (Å²) in [6.45, 7) is 5.69. The Labute approximate surface area is 228 Å². The van der Waals surface area contributed by atoms with E-state index in [1.807, 2.05) is 17.7 Å². The van der Waals surface area contributed by atoms with Crippen LogP contribution in [0, 0.1) is 18.7 Å². The van der Waals surface area contributed by atoms with Crippen LogP contribution in [0.15, 0.2) is 67.3 Å². The molecule has 200 valence electrons. The zero-order chi connectivity index (χ0) is 28.0. The van der Waals surface area contributed by atoms with Gasteiger partial charge >= 0.3 is 6.01 Å². The number of hydrogen-bond acceptors (Lipinski definition) is 8. The van der Waals surface area contributed by atoms with Crippen LogP contribution in [0.3, 0.4) is 0 Å². The summed E-state index contributed by atoms with van der Waals surface area (Å²) in [5, 5.41) is 3.38. The van der Waals surface area contributed by atoms with Gasteiger partial charge in [-0.1, -0.05) is 12.6 Å². The van der Waals surface area contributed by atoms with Crippen LogP contribution in [-0.2, 0) is 11.8 Å². The van der Waals surface area contributed by atoms with E-state index in [1.165, 1.54) is 18.5 Å². The Morgan fingerprint density at radius 1 is 1.12 bits per heavy atom. The average molecular weight is 537 g/mol. The number of nitrogen functional groups attached to an aromatic ring is 1.